The highest BCUT2D eigenvalue weighted by atomic mass is 32.1. The number of nitrogens with zero attached hydrogens (tertiary/aromatic N) is 7. The molecule has 4 unspecified atom stereocenters. The van der Waals surface area contributed by atoms with E-state index in [4.69, 9.17) is 23.7 Å². The van der Waals surface area contributed by atoms with Gasteiger partial charge in [-0.2, -0.15) is 5.10 Å². The molecule has 4 atom stereocenters. The Balaban J connectivity index is 0.639. The number of likely N-dealkylation sites (tertiary alicyclic amines) is 3. The summed E-state index contributed by atoms with van der Waals surface area (Å²) >= 11 is 1.59. The van der Waals surface area contributed by atoms with Crippen molar-refractivity contribution < 1.29 is 56.4 Å². The van der Waals surface area contributed by atoms with E-state index < -0.39 is 29.8 Å². The first-order chi connectivity index (χ1) is 42.4. The van der Waals surface area contributed by atoms with Gasteiger partial charge in [0.1, 0.15) is 17.9 Å². The lowest BCUT2D eigenvalue weighted by Crippen LogP contribution is -2.60. The molecule has 0 bridgehead atoms. The number of halogens is 2. The number of amidine groups is 1. The lowest BCUT2D eigenvalue weighted by atomic mass is 9.85. The Bertz CT molecular complexity index is 2950. The molecule has 88 heavy (non-hydrogen) atoms. The zero-order valence-electron chi connectivity index (χ0n) is 51.9. The van der Waals surface area contributed by atoms with Crippen LogP contribution >= 0.6 is 11.3 Å². The number of ether oxygens (including phenoxy) is 5. The molecule has 3 fully saturated rings. The van der Waals surface area contributed by atoms with Crippen LogP contribution in [0.25, 0.3) is 21.6 Å². The van der Waals surface area contributed by atoms with Crippen molar-refractivity contribution >= 4 is 52.5 Å². The van der Waals surface area contributed by atoms with Crippen molar-refractivity contribution in [2.24, 2.45) is 18.4 Å². The van der Waals surface area contributed by atoms with Gasteiger partial charge in [0.2, 0.25) is 23.6 Å². The van der Waals surface area contributed by atoms with Gasteiger partial charge in [0.15, 0.2) is 0 Å². The zero-order valence-corrected chi connectivity index (χ0v) is 52.7. The molecular weight excluding hydrogens is 1150 g/mol. The number of urea groups is 1. The fraction of sp³-hybridized carbons (Fsp3) is 0.619. The molecule has 0 saturated carbocycles. The van der Waals surface area contributed by atoms with Crippen LogP contribution in [-0.2, 0) is 62.9 Å². The molecule has 6 amide bonds. The maximum absolute atomic E-state index is 14.7. The highest BCUT2D eigenvalue weighted by molar-refractivity contribution is 7.13. The number of carbonyl (C=O) groups excluding carboxylic acids is 5. The molecule has 3 saturated heterocycles. The van der Waals surface area contributed by atoms with Gasteiger partial charge in [-0.05, 0) is 91.7 Å². The SMILES string of the molecule is CNC(=O)N1CCC(NC2CCN(C(=O)CCOCCOCCOCCOCCOCCC(=O)NC(C(=O)N3CCCC3C(=O)NCc3ccc(-c4scnc4C)cc3)C(C)(C)C)CC2)C(C(=N)N2CCCc3cc(-c4cnn(C)c4)c(C(F)F)cc32)C1. The monoisotopic (exact) mass is 1240 g/mol. The van der Waals surface area contributed by atoms with Crippen LogP contribution in [0.4, 0.5) is 19.3 Å². The summed E-state index contributed by atoms with van der Waals surface area (Å²) in [5.74, 6) is -0.874. The summed E-state index contributed by atoms with van der Waals surface area (Å²) in [6.07, 6.45) is 5.67. The second-order valence-electron chi connectivity index (χ2n) is 24.0. The molecule has 0 aliphatic carbocycles. The molecule has 5 N–H and O–H groups in total. The molecule has 22 nitrogen and oxygen atoms in total. The van der Waals surface area contributed by atoms with Crippen LogP contribution in [-0.4, -0.2) is 202 Å². The fourth-order valence-corrected chi connectivity index (χ4v) is 12.7. The molecule has 482 valence electrons. The number of alkyl halides is 2. The molecule has 8 rings (SSSR count). The minimum absolute atomic E-state index is 0.0229. The number of rotatable bonds is 29. The van der Waals surface area contributed by atoms with Gasteiger partial charge in [-0.3, -0.25) is 29.3 Å². The van der Waals surface area contributed by atoms with Gasteiger partial charge in [-0.1, -0.05) is 45.0 Å². The Morgan fingerprint density at radius 3 is 2.05 bits per heavy atom. The fourth-order valence-electron chi connectivity index (χ4n) is 11.9. The highest BCUT2D eigenvalue weighted by Gasteiger charge is 2.43. The van der Waals surface area contributed by atoms with E-state index in [0.717, 1.165) is 46.5 Å². The molecule has 4 aliphatic rings. The summed E-state index contributed by atoms with van der Waals surface area (Å²) in [5.41, 5.74) is 6.71. The van der Waals surface area contributed by atoms with E-state index in [-0.39, 0.29) is 80.0 Å². The van der Waals surface area contributed by atoms with Crippen LogP contribution in [0.2, 0.25) is 0 Å². The minimum Gasteiger partial charge on any atom is -0.379 e. The second kappa shape index (κ2) is 32.8. The van der Waals surface area contributed by atoms with Crippen LogP contribution in [0.15, 0.2) is 54.3 Å². The van der Waals surface area contributed by atoms with Gasteiger partial charge in [0, 0.05) is 107 Å². The largest absolute Gasteiger partial charge is 0.379 e. The number of piperidine rings is 2. The van der Waals surface area contributed by atoms with Crippen LogP contribution in [0.3, 0.4) is 0 Å². The second-order valence-corrected chi connectivity index (χ2v) is 24.9. The van der Waals surface area contributed by atoms with Crippen molar-refractivity contribution in [3.05, 3.63) is 76.7 Å². The van der Waals surface area contributed by atoms with Crippen LogP contribution in [0.5, 0.6) is 0 Å². The summed E-state index contributed by atoms with van der Waals surface area (Å²) in [6.45, 7) is 14.1. The van der Waals surface area contributed by atoms with E-state index >= 15 is 0 Å². The van der Waals surface area contributed by atoms with Crippen molar-refractivity contribution in [3.8, 4) is 21.6 Å². The van der Waals surface area contributed by atoms with Gasteiger partial charge in [-0.15, -0.1) is 11.3 Å². The van der Waals surface area contributed by atoms with Gasteiger partial charge >= 0.3 is 6.03 Å². The zero-order chi connectivity index (χ0) is 62.7. The van der Waals surface area contributed by atoms with E-state index in [1.54, 1.807) is 52.3 Å². The standard InChI is InChI=1S/C63H90F2N12O10S/c1-42-56(88-41-69-42)44-13-11-43(12-14-44)37-68-60(80)52-10-8-21-77(52)61(81)57(63(2,3)4)72-54(78)18-25-83-27-29-85-31-33-87-34-32-86-30-28-84-26-19-55(79)74-22-15-47(16-23-74)71-51-17-24-75(62(82)67-5)40-50(51)59(66)76-20-7-9-45-35-48(46-38-70-73(6)39-46)49(58(64)65)36-53(45)76/h11-14,35-36,38-39,41,47,50-52,57-58,66,71H,7-10,15-34,37,40H2,1-6H3,(H,67,82)(H,68,80)(H,72,78). The third kappa shape index (κ3) is 18.6. The van der Waals surface area contributed by atoms with E-state index in [1.807, 2.05) is 73.3 Å². The Kier molecular flexibility index (Phi) is 25.2. The van der Waals surface area contributed by atoms with Gasteiger partial charge in [-0.25, -0.2) is 18.6 Å². The number of fused-ring (bicyclic) bond motifs is 1. The number of amides is 6. The molecule has 4 aliphatic heterocycles. The van der Waals surface area contributed by atoms with Gasteiger partial charge in [0.05, 0.1) is 94.8 Å². The van der Waals surface area contributed by atoms with Gasteiger partial charge < -0.3 is 64.6 Å². The number of aryl methyl sites for hydroxylation is 3. The third-order valence-electron chi connectivity index (χ3n) is 16.8. The number of hydrogen-bond donors (Lipinski definition) is 5. The summed E-state index contributed by atoms with van der Waals surface area (Å²) in [5, 5.41) is 26.3. The van der Waals surface area contributed by atoms with Crippen molar-refractivity contribution in [3.63, 3.8) is 0 Å². The Morgan fingerprint density at radius 1 is 0.795 bits per heavy atom. The first-order valence-electron chi connectivity index (χ1n) is 31.0. The molecule has 2 aromatic carbocycles. The van der Waals surface area contributed by atoms with Crippen LogP contribution in [0, 0.1) is 23.7 Å². The average Bonchev–Trinajstić information content (AvgIpc) is 3.24. The molecular formula is C63H90F2N12O10S. The lowest BCUT2D eigenvalue weighted by molar-refractivity contribution is -0.144. The van der Waals surface area contributed by atoms with E-state index in [9.17, 15) is 38.2 Å². The first kappa shape index (κ1) is 67.5. The van der Waals surface area contributed by atoms with Crippen molar-refractivity contribution in [2.75, 3.05) is 117 Å². The highest BCUT2D eigenvalue weighted by Crippen LogP contribution is 2.40. The van der Waals surface area contributed by atoms with E-state index in [2.05, 4.69) is 31.3 Å². The number of carbonyl (C=O) groups is 5. The summed E-state index contributed by atoms with van der Waals surface area (Å²) in [6, 6.07) is 9.68. The molecule has 0 radical (unpaired) electrons. The molecule has 4 aromatic rings. The van der Waals surface area contributed by atoms with Crippen LogP contribution < -0.4 is 26.2 Å². The molecule has 6 heterocycles. The van der Waals surface area contributed by atoms with Crippen molar-refractivity contribution in [1.82, 2.24) is 50.7 Å². The number of hydrogen-bond acceptors (Lipinski definition) is 15. The third-order valence-corrected chi connectivity index (χ3v) is 17.8. The minimum atomic E-state index is -2.72. The smallest absolute Gasteiger partial charge is 0.317 e. The summed E-state index contributed by atoms with van der Waals surface area (Å²) < 4.78 is 59.1. The number of anilines is 1. The Labute approximate surface area is 519 Å². The predicted molar refractivity (Wildman–Crippen MR) is 331 cm³/mol. The topological polar surface area (TPSA) is 247 Å². The Morgan fingerprint density at radius 2 is 1.44 bits per heavy atom. The first-order valence-corrected chi connectivity index (χ1v) is 31.8. The maximum atomic E-state index is 14.7. The lowest BCUT2D eigenvalue weighted by Gasteiger charge is -2.44. The van der Waals surface area contributed by atoms with Crippen molar-refractivity contribution in [1.29, 1.82) is 5.41 Å². The normalized spacial score (nSPS) is 18.6. The number of thiazole rings is 1. The number of aromatic nitrogens is 3. The molecule has 0 spiro atoms. The molecule has 2 aromatic heterocycles. The van der Waals surface area contributed by atoms with Crippen LogP contribution in [0.1, 0.15) is 101 Å². The van der Waals surface area contributed by atoms with E-state index in [1.165, 1.54) is 6.07 Å². The number of benzene rings is 2. The quantitative estimate of drug-likeness (QED) is 0.0221. The Hall–Kier alpha value is -6.48. The predicted octanol–water partition coefficient (Wildman–Crippen LogP) is 6.50. The van der Waals surface area contributed by atoms with Gasteiger partial charge in [0.25, 0.3) is 6.43 Å². The molecule has 25 heteroatoms. The summed E-state index contributed by atoms with van der Waals surface area (Å²) in [7, 11) is 3.34. The van der Waals surface area contributed by atoms with Crippen molar-refractivity contribution in [2.45, 2.75) is 123 Å². The van der Waals surface area contributed by atoms with E-state index in [0.29, 0.717) is 140 Å². The average molecular weight is 1250 g/mol. The maximum Gasteiger partial charge on any atom is 0.317 e. The summed E-state index contributed by atoms with van der Waals surface area (Å²) in [4.78, 5) is 79.0. The number of nitrogens with one attached hydrogen (secondary N) is 5.